The van der Waals surface area contributed by atoms with Gasteiger partial charge in [-0.25, -0.2) is 0 Å². The third-order valence-electron chi connectivity index (χ3n) is 2.90. The van der Waals surface area contributed by atoms with Gasteiger partial charge in [0.25, 0.3) is 0 Å². The number of rotatable bonds is 4. The van der Waals surface area contributed by atoms with Gasteiger partial charge in [-0.2, -0.15) is 0 Å². The first-order valence-corrected chi connectivity index (χ1v) is 6.58. The Hall–Kier alpha value is -0.280. The van der Waals surface area contributed by atoms with E-state index < -0.39 is 0 Å². The van der Waals surface area contributed by atoms with Gasteiger partial charge >= 0.3 is 0 Å². The van der Waals surface area contributed by atoms with Gasteiger partial charge in [0.2, 0.25) is 0 Å². The monoisotopic (exact) mass is 274 g/mol. The molecule has 0 amide bonds. The second kappa shape index (κ2) is 6.05. The van der Waals surface area contributed by atoms with E-state index in [9.17, 15) is 0 Å². The fraction of sp³-hybridized carbons (Fsp3) is 0.538. The smallest absolute Gasteiger partial charge is 0.0813 e. The van der Waals surface area contributed by atoms with E-state index in [1.807, 2.05) is 12.1 Å². The Bertz CT molecular complexity index is 382. The molecule has 1 saturated heterocycles. The van der Waals surface area contributed by atoms with Crippen LogP contribution in [0.5, 0.6) is 0 Å². The number of hydrogen-bond donors (Lipinski definition) is 0. The Morgan fingerprint density at radius 3 is 2.82 bits per heavy atom. The molecule has 0 aromatic heterocycles. The Balaban J connectivity index is 1.78. The quantitative estimate of drug-likeness (QED) is 0.824. The molecule has 94 valence electrons. The van der Waals surface area contributed by atoms with Crippen LogP contribution in [0.4, 0.5) is 0 Å². The predicted molar refractivity (Wildman–Crippen MR) is 69.7 cm³/mol. The van der Waals surface area contributed by atoms with Crippen LogP contribution in [0, 0.1) is 0 Å². The third kappa shape index (κ3) is 3.85. The van der Waals surface area contributed by atoms with Crippen LogP contribution in [0.1, 0.15) is 25.3 Å². The largest absolute Gasteiger partial charge is 0.374 e. The van der Waals surface area contributed by atoms with Gasteiger partial charge in [-0.1, -0.05) is 29.3 Å². The molecule has 17 heavy (non-hydrogen) atoms. The Kier molecular flexibility index (Phi) is 4.69. The summed E-state index contributed by atoms with van der Waals surface area (Å²) in [4.78, 5) is 0. The zero-order valence-corrected chi connectivity index (χ0v) is 11.3. The second-order valence-corrected chi connectivity index (χ2v) is 5.24. The summed E-state index contributed by atoms with van der Waals surface area (Å²) in [5, 5.41) is 1.30. The lowest BCUT2D eigenvalue weighted by atomic mass is 10.2. The predicted octanol–water partition coefficient (Wildman–Crippen LogP) is 4.08. The van der Waals surface area contributed by atoms with Crippen molar-refractivity contribution >= 4 is 23.2 Å². The summed E-state index contributed by atoms with van der Waals surface area (Å²) in [6, 6.07) is 5.44. The van der Waals surface area contributed by atoms with E-state index in [4.69, 9.17) is 32.7 Å². The molecule has 2 nitrogen and oxygen atoms in total. The van der Waals surface area contributed by atoms with Crippen LogP contribution >= 0.6 is 23.2 Å². The van der Waals surface area contributed by atoms with E-state index in [0.717, 1.165) is 18.4 Å². The first-order chi connectivity index (χ1) is 8.15. The van der Waals surface area contributed by atoms with Crippen molar-refractivity contribution in [1.29, 1.82) is 0 Å². The minimum absolute atomic E-state index is 0.232. The van der Waals surface area contributed by atoms with Crippen molar-refractivity contribution in [1.82, 2.24) is 0 Å². The van der Waals surface area contributed by atoms with Crippen molar-refractivity contribution in [3.05, 3.63) is 33.8 Å². The van der Waals surface area contributed by atoms with Crippen LogP contribution in [0.15, 0.2) is 18.2 Å². The van der Waals surface area contributed by atoms with Crippen molar-refractivity contribution in [3.63, 3.8) is 0 Å². The van der Waals surface area contributed by atoms with E-state index in [1.165, 1.54) is 0 Å². The molecular weight excluding hydrogens is 259 g/mol. The van der Waals surface area contributed by atoms with Crippen molar-refractivity contribution in [2.75, 3.05) is 6.61 Å². The maximum Gasteiger partial charge on any atom is 0.0813 e. The number of halogens is 2. The highest BCUT2D eigenvalue weighted by atomic mass is 35.5. The average Bonchev–Trinajstić information content (AvgIpc) is 2.68. The molecule has 0 N–H and O–H groups in total. The lowest BCUT2D eigenvalue weighted by Gasteiger charge is -2.12. The SMILES string of the molecule is C[C@H]1CC[C@@H](COCc2ccc(Cl)cc2Cl)O1. The minimum atomic E-state index is 0.232. The van der Waals surface area contributed by atoms with Crippen LogP contribution < -0.4 is 0 Å². The van der Waals surface area contributed by atoms with Crippen molar-refractivity contribution < 1.29 is 9.47 Å². The summed E-state index contributed by atoms with van der Waals surface area (Å²) in [5.41, 5.74) is 0.960. The standard InChI is InChI=1S/C13H16Cl2O2/c1-9-2-5-12(17-9)8-16-7-10-3-4-11(14)6-13(10)15/h3-4,6,9,12H,2,5,7-8H2,1H3/t9-,12-/m0/s1. The summed E-state index contributed by atoms with van der Waals surface area (Å²) in [6.45, 7) is 3.23. The van der Waals surface area contributed by atoms with Crippen LogP contribution in [-0.2, 0) is 16.1 Å². The molecule has 1 aliphatic heterocycles. The topological polar surface area (TPSA) is 18.5 Å². The molecule has 1 aromatic rings. The molecule has 1 aromatic carbocycles. The Labute approximate surface area is 112 Å². The van der Waals surface area contributed by atoms with Gasteiger partial charge < -0.3 is 9.47 Å². The maximum absolute atomic E-state index is 6.05. The molecule has 2 atom stereocenters. The first kappa shape index (κ1) is 13.2. The number of benzene rings is 1. The summed E-state index contributed by atoms with van der Waals surface area (Å²) in [5.74, 6) is 0. The molecule has 1 fully saturated rings. The lowest BCUT2D eigenvalue weighted by molar-refractivity contribution is -0.0142. The molecule has 4 heteroatoms. The molecule has 1 heterocycles. The van der Waals surface area contributed by atoms with Gasteiger partial charge in [0.15, 0.2) is 0 Å². The summed E-state index contributed by atoms with van der Waals surface area (Å²) in [6.07, 6.45) is 2.80. The molecule has 0 aliphatic carbocycles. The molecular formula is C13H16Cl2O2. The fourth-order valence-corrected chi connectivity index (χ4v) is 2.41. The highest BCUT2D eigenvalue weighted by Crippen LogP contribution is 2.23. The molecule has 0 bridgehead atoms. The molecule has 2 rings (SSSR count). The van der Waals surface area contributed by atoms with Crippen molar-refractivity contribution in [3.8, 4) is 0 Å². The fourth-order valence-electron chi connectivity index (χ4n) is 1.95. The van der Waals surface area contributed by atoms with Gasteiger partial charge in [-0.15, -0.1) is 0 Å². The van der Waals surface area contributed by atoms with Crippen LogP contribution in [0.2, 0.25) is 10.0 Å². The summed E-state index contributed by atoms with van der Waals surface area (Å²) >= 11 is 11.9. The van der Waals surface area contributed by atoms with Crippen LogP contribution in [-0.4, -0.2) is 18.8 Å². The van der Waals surface area contributed by atoms with Gasteiger partial charge in [0, 0.05) is 10.0 Å². The zero-order valence-electron chi connectivity index (χ0n) is 9.79. The van der Waals surface area contributed by atoms with Crippen LogP contribution in [0.25, 0.3) is 0 Å². The zero-order chi connectivity index (χ0) is 12.3. The number of hydrogen-bond acceptors (Lipinski definition) is 2. The van der Waals surface area contributed by atoms with Gasteiger partial charge in [0.05, 0.1) is 25.4 Å². The van der Waals surface area contributed by atoms with Gasteiger partial charge in [0.1, 0.15) is 0 Å². The van der Waals surface area contributed by atoms with Crippen molar-refractivity contribution in [2.24, 2.45) is 0 Å². The summed E-state index contributed by atoms with van der Waals surface area (Å²) in [7, 11) is 0. The lowest BCUT2D eigenvalue weighted by Crippen LogP contribution is -2.15. The van der Waals surface area contributed by atoms with E-state index in [1.54, 1.807) is 6.07 Å². The molecule has 1 aliphatic rings. The third-order valence-corrected chi connectivity index (χ3v) is 3.48. The maximum atomic E-state index is 6.05. The Morgan fingerprint density at radius 1 is 1.35 bits per heavy atom. The minimum Gasteiger partial charge on any atom is -0.374 e. The number of ether oxygens (including phenoxy) is 2. The van der Waals surface area contributed by atoms with Crippen LogP contribution in [0.3, 0.4) is 0 Å². The highest BCUT2D eigenvalue weighted by Gasteiger charge is 2.21. The van der Waals surface area contributed by atoms with E-state index in [0.29, 0.717) is 29.4 Å². The van der Waals surface area contributed by atoms with Gasteiger partial charge in [-0.05, 0) is 37.5 Å². The summed E-state index contributed by atoms with van der Waals surface area (Å²) < 4.78 is 11.3. The second-order valence-electron chi connectivity index (χ2n) is 4.40. The van der Waals surface area contributed by atoms with E-state index >= 15 is 0 Å². The molecule has 0 saturated carbocycles. The normalized spacial score (nSPS) is 24.2. The van der Waals surface area contributed by atoms with E-state index in [-0.39, 0.29) is 6.10 Å². The highest BCUT2D eigenvalue weighted by molar-refractivity contribution is 6.35. The molecule has 0 radical (unpaired) electrons. The molecule has 0 unspecified atom stereocenters. The molecule has 0 spiro atoms. The first-order valence-electron chi connectivity index (χ1n) is 5.82. The van der Waals surface area contributed by atoms with Crippen molar-refractivity contribution in [2.45, 2.75) is 38.6 Å². The average molecular weight is 275 g/mol. The van der Waals surface area contributed by atoms with E-state index in [2.05, 4.69) is 6.92 Å². The van der Waals surface area contributed by atoms with Gasteiger partial charge in [-0.3, -0.25) is 0 Å². The Morgan fingerprint density at radius 2 is 2.18 bits per heavy atom.